The molecule has 0 aromatic heterocycles. The Morgan fingerprint density at radius 1 is 0.844 bits per heavy atom. The quantitative estimate of drug-likeness (QED) is 0.491. The van der Waals surface area contributed by atoms with Gasteiger partial charge in [0.25, 0.3) is 0 Å². The third kappa shape index (κ3) is 3.74. The Morgan fingerprint density at radius 2 is 1.50 bits per heavy atom. The zero-order valence-electron chi connectivity index (χ0n) is 19.5. The maximum atomic E-state index is 6.24. The summed E-state index contributed by atoms with van der Waals surface area (Å²) in [5.74, 6) is 2.60. The molecule has 5 aliphatic rings. The van der Waals surface area contributed by atoms with Crippen molar-refractivity contribution in [1.82, 2.24) is 5.32 Å². The summed E-state index contributed by atoms with van der Waals surface area (Å²) in [6.45, 7) is 2.53. The SMILES string of the molecule is C[C@@H](NC1CCC(c2ccccc2)CC1)C12C[C@H]3C[C@@H](CC(c4ccc(Cl)cc4)(C3)C1)C2. The molecule has 7 rings (SSSR count). The second-order valence-electron chi connectivity index (χ2n) is 12.0. The van der Waals surface area contributed by atoms with E-state index in [1.54, 1.807) is 11.1 Å². The smallest absolute Gasteiger partial charge is 0.0406 e. The highest BCUT2D eigenvalue weighted by atomic mass is 35.5. The van der Waals surface area contributed by atoms with Gasteiger partial charge in [-0.3, -0.25) is 0 Å². The monoisotopic (exact) mass is 447 g/mol. The van der Waals surface area contributed by atoms with E-state index in [9.17, 15) is 0 Å². The summed E-state index contributed by atoms with van der Waals surface area (Å²) in [6, 6.07) is 21.4. The number of nitrogens with one attached hydrogen (secondary N) is 1. The van der Waals surface area contributed by atoms with Crippen LogP contribution in [0.4, 0.5) is 0 Å². The molecule has 1 nitrogen and oxygen atoms in total. The van der Waals surface area contributed by atoms with Crippen molar-refractivity contribution in [2.24, 2.45) is 17.3 Å². The molecule has 4 bridgehead atoms. The molecule has 0 heterocycles. The molecule has 3 atom stereocenters. The van der Waals surface area contributed by atoms with Gasteiger partial charge in [0.1, 0.15) is 0 Å². The Morgan fingerprint density at radius 3 is 2.16 bits per heavy atom. The van der Waals surface area contributed by atoms with E-state index in [1.807, 2.05) is 0 Å². The lowest BCUT2D eigenvalue weighted by Crippen LogP contribution is -2.61. The number of rotatable bonds is 5. The first kappa shape index (κ1) is 21.2. The predicted molar refractivity (Wildman–Crippen MR) is 134 cm³/mol. The lowest BCUT2D eigenvalue weighted by Gasteiger charge is -2.64. The van der Waals surface area contributed by atoms with Crippen molar-refractivity contribution in [3.8, 4) is 0 Å². The molecule has 2 heteroatoms. The molecular formula is C30H38ClN. The van der Waals surface area contributed by atoms with Gasteiger partial charge in [0.15, 0.2) is 0 Å². The molecule has 5 saturated carbocycles. The van der Waals surface area contributed by atoms with Gasteiger partial charge in [-0.15, -0.1) is 0 Å². The Kier molecular flexibility index (Phi) is 5.42. The summed E-state index contributed by atoms with van der Waals surface area (Å²) in [5, 5.41) is 5.07. The van der Waals surface area contributed by atoms with Crippen LogP contribution in [0.3, 0.4) is 0 Å². The van der Waals surface area contributed by atoms with E-state index in [0.29, 0.717) is 22.9 Å². The van der Waals surface area contributed by atoms with Crippen molar-refractivity contribution in [3.05, 3.63) is 70.7 Å². The fourth-order valence-electron chi connectivity index (χ4n) is 8.83. The molecule has 0 unspecified atom stereocenters. The molecule has 32 heavy (non-hydrogen) atoms. The van der Waals surface area contributed by atoms with Gasteiger partial charge >= 0.3 is 0 Å². The highest BCUT2D eigenvalue weighted by Crippen LogP contribution is 2.66. The molecule has 2 aromatic carbocycles. The first-order valence-electron chi connectivity index (χ1n) is 13.1. The number of halogens is 1. The first-order valence-corrected chi connectivity index (χ1v) is 13.5. The van der Waals surface area contributed by atoms with Crippen LogP contribution in [-0.4, -0.2) is 12.1 Å². The third-order valence-electron chi connectivity index (χ3n) is 9.97. The van der Waals surface area contributed by atoms with E-state index in [4.69, 9.17) is 11.6 Å². The standard InChI is InChI=1S/C30H38ClN/c1-21(32-28-13-7-25(8-14-28)24-5-3-2-4-6-24)29-16-22-15-23(17-29)19-30(18-22,20-29)26-9-11-27(31)12-10-26/h2-6,9-12,21-23,25,28,32H,7-8,13-20H2,1H3/t21-,22-,23-,25?,28?,29?,30?/m1/s1. The topological polar surface area (TPSA) is 12.0 Å². The first-order chi connectivity index (χ1) is 15.5. The van der Waals surface area contributed by atoms with Crippen molar-refractivity contribution >= 4 is 11.6 Å². The molecule has 0 radical (unpaired) electrons. The van der Waals surface area contributed by atoms with Crippen LogP contribution < -0.4 is 5.32 Å². The Balaban J connectivity index is 1.16. The summed E-state index contributed by atoms with van der Waals surface area (Å²) in [5.41, 5.74) is 4.00. The summed E-state index contributed by atoms with van der Waals surface area (Å²) in [6.07, 6.45) is 13.9. The van der Waals surface area contributed by atoms with Crippen LogP contribution >= 0.6 is 11.6 Å². The summed E-state index contributed by atoms with van der Waals surface area (Å²) < 4.78 is 0. The Bertz CT molecular complexity index is 913. The molecule has 170 valence electrons. The van der Waals surface area contributed by atoms with Crippen LogP contribution in [0, 0.1) is 17.3 Å². The van der Waals surface area contributed by atoms with Crippen LogP contribution in [0.1, 0.15) is 88.2 Å². The molecule has 5 aliphatic carbocycles. The minimum Gasteiger partial charge on any atom is -0.311 e. The lowest BCUT2D eigenvalue weighted by molar-refractivity contribution is -0.0901. The Hall–Kier alpha value is -1.31. The van der Waals surface area contributed by atoms with E-state index in [1.165, 1.54) is 64.2 Å². The van der Waals surface area contributed by atoms with Crippen molar-refractivity contribution in [3.63, 3.8) is 0 Å². The third-order valence-corrected chi connectivity index (χ3v) is 10.2. The lowest BCUT2D eigenvalue weighted by atomic mass is 9.41. The van der Waals surface area contributed by atoms with Crippen molar-refractivity contribution in [2.75, 3.05) is 0 Å². The highest BCUT2D eigenvalue weighted by Gasteiger charge is 2.59. The zero-order valence-corrected chi connectivity index (χ0v) is 20.3. The maximum Gasteiger partial charge on any atom is 0.0406 e. The van der Waals surface area contributed by atoms with E-state index in [-0.39, 0.29) is 0 Å². The Labute approximate surface area is 199 Å². The van der Waals surface area contributed by atoms with E-state index >= 15 is 0 Å². The van der Waals surface area contributed by atoms with Crippen LogP contribution in [0.2, 0.25) is 5.02 Å². The molecule has 0 spiro atoms. The minimum atomic E-state index is 0.398. The fraction of sp³-hybridized carbons (Fsp3) is 0.600. The number of hydrogen-bond donors (Lipinski definition) is 1. The number of hydrogen-bond acceptors (Lipinski definition) is 1. The fourth-order valence-corrected chi connectivity index (χ4v) is 8.96. The molecule has 5 fully saturated rings. The van der Waals surface area contributed by atoms with Gasteiger partial charge in [-0.05, 0) is 123 Å². The average molecular weight is 448 g/mol. The maximum absolute atomic E-state index is 6.24. The van der Waals surface area contributed by atoms with Gasteiger partial charge in [0, 0.05) is 17.1 Å². The summed E-state index contributed by atoms with van der Waals surface area (Å²) in [4.78, 5) is 0. The van der Waals surface area contributed by atoms with E-state index in [0.717, 1.165) is 22.8 Å². The van der Waals surface area contributed by atoms with Crippen molar-refractivity contribution in [1.29, 1.82) is 0 Å². The van der Waals surface area contributed by atoms with E-state index < -0.39 is 0 Å². The van der Waals surface area contributed by atoms with Crippen LogP contribution in [0.5, 0.6) is 0 Å². The van der Waals surface area contributed by atoms with E-state index in [2.05, 4.69) is 66.8 Å². The average Bonchev–Trinajstić information content (AvgIpc) is 2.80. The highest BCUT2D eigenvalue weighted by molar-refractivity contribution is 6.30. The molecule has 0 saturated heterocycles. The van der Waals surface area contributed by atoms with Crippen LogP contribution in [0.15, 0.2) is 54.6 Å². The molecule has 1 N–H and O–H groups in total. The second-order valence-corrected chi connectivity index (χ2v) is 12.4. The largest absolute Gasteiger partial charge is 0.311 e. The van der Waals surface area contributed by atoms with Gasteiger partial charge in [-0.1, -0.05) is 54.1 Å². The summed E-state index contributed by atoms with van der Waals surface area (Å²) >= 11 is 6.24. The normalized spacial score (nSPS) is 39.2. The van der Waals surface area contributed by atoms with Gasteiger partial charge in [-0.2, -0.15) is 0 Å². The molecule has 0 amide bonds. The molecule has 0 aliphatic heterocycles. The second kappa shape index (κ2) is 8.17. The van der Waals surface area contributed by atoms with Gasteiger partial charge < -0.3 is 5.32 Å². The van der Waals surface area contributed by atoms with Gasteiger partial charge in [-0.25, -0.2) is 0 Å². The van der Waals surface area contributed by atoms with Crippen molar-refractivity contribution < 1.29 is 0 Å². The van der Waals surface area contributed by atoms with Crippen LogP contribution in [-0.2, 0) is 5.41 Å². The molecule has 2 aromatic rings. The number of benzene rings is 2. The van der Waals surface area contributed by atoms with Crippen LogP contribution in [0.25, 0.3) is 0 Å². The predicted octanol–water partition coefficient (Wildman–Crippen LogP) is 7.88. The van der Waals surface area contributed by atoms with Crippen molar-refractivity contribution in [2.45, 2.75) is 94.5 Å². The molecular weight excluding hydrogens is 410 g/mol. The van der Waals surface area contributed by atoms with Gasteiger partial charge in [0.2, 0.25) is 0 Å². The zero-order chi connectivity index (χ0) is 21.8. The minimum absolute atomic E-state index is 0.398. The summed E-state index contributed by atoms with van der Waals surface area (Å²) in [7, 11) is 0. The van der Waals surface area contributed by atoms with Gasteiger partial charge in [0.05, 0.1) is 0 Å².